The van der Waals surface area contributed by atoms with Gasteiger partial charge in [-0.2, -0.15) is 0 Å². The maximum atomic E-state index is 10.6. The zero-order valence-corrected chi connectivity index (χ0v) is 6.84. The summed E-state index contributed by atoms with van der Waals surface area (Å²) in [6, 6.07) is 0.152. The van der Waals surface area contributed by atoms with E-state index in [1.54, 1.807) is 0 Å². The molecule has 0 aromatic carbocycles. The molecule has 11 heavy (non-hydrogen) atoms. The molecule has 0 amide bonds. The zero-order chi connectivity index (χ0) is 8.27. The van der Waals surface area contributed by atoms with Crippen molar-refractivity contribution in [3.8, 4) is 0 Å². The lowest BCUT2D eigenvalue weighted by Crippen LogP contribution is -2.35. The van der Waals surface area contributed by atoms with Crippen LogP contribution in [0.15, 0.2) is 0 Å². The molecular weight excluding hydrogens is 142 g/mol. The third-order valence-corrected chi connectivity index (χ3v) is 2.06. The van der Waals surface area contributed by atoms with E-state index in [0.717, 1.165) is 19.4 Å². The highest BCUT2D eigenvalue weighted by Crippen LogP contribution is 2.11. The second kappa shape index (κ2) is 3.83. The second-order valence-corrected chi connectivity index (χ2v) is 3.18. The Labute approximate surface area is 66.8 Å². The van der Waals surface area contributed by atoms with E-state index in [-0.39, 0.29) is 18.2 Å². The van der Waals surface area contributed by atoms with Gasteiger partial charge in [0.2, 0.25) is 0 Å². The zero-order valence-electron chi connectivity index (χ0n) is 6.84. The van der Waals surface area contributed by atoms with E-state index in [2.05, 4.69) is 5.32 Å². The number of Topliss-reactive ketones (excluding diaryl/α,β-unsaturated/α-hetero) is 1. The minimum absolute atomic E-state index is 0.0613. The summed E-state index contributed by atoms with van der Waals surface area (Å²) in [6.45, 7) is 2.48. The van der Waals surface area contributed by atoms with Crippen molar-refractivity contribution >= 4 is 5.78 Å². The summed E-state index contributed by atoms with van der Waals surface area (Å²) in [7, 11) is 0. The Morgan fingerprint density at radius 2 is 2.55 bits per heavy atom. The Balaban J connectivity index is 2.28. The van der Waals surface area contributed by atoms with Crippen LogP contribution < -0.4 is 5.32 Å². The molecule has 0 aromatic heterocycles. The molecule has 1 saturated heterocycles. The van der Waals surface area contributed by atoms with Gasteiger partial charge >= 0.3 is 0 Å². The minimum atomic E-state index is -0.477. The maximum absolute atomic E-state index is 10.6. The predicted octanol–water partition coefficient (Wildman–Crippen LogP) is 0.0784. The lowest BCUT2D eigenvalue weighted by molar-refractivity contribution is -0.119. The van der Waals surface area contributed by atoms with Crippen LogP contribution in [0, 0.1) is 0 Å². The van der Waals surface area contributed by atoms with Gasteiger partial charge in [-0.05, 0) is 26.3 Å². The van der Waals surface area contributed by atoms with Crippen LogP contribution in [0.25, 0.3) is 0 Å². The summed E-state index contributed by atoms with van der Waals surface area (Å²) in [6.07, 6.45) is 1.92. The molecule has 0 saturated carbocycles. The fraction of sp³-hybridized carbons (Fsp3) is 0.875. The molecule has 0 aromatic rings. The molecule has 0 spiro atoms. The van der Waals surface area contributed by atoms with Crippen molar-refractivity contribution in [2.24, 2.45) is 0 Å². The lowest BCUT2D eigenvalue weighted by atomic mass is 10.0. The first-order chi connectivity index (χ1) is 5.20. The Bertz CT molecular complexity index is 141. The molecule has 1 fully saturated rings. The van der Waals surface area contributed by atoms with Gasteiger partial charge in [0, 0.05) is 12.5 Å². The van der Waals surface area contributed by atoms with Gasteiger partial charge < -0.3 is 10.4 Å². The Morgan fingerprint density at radius 3 is 3.00 bits per heavy atom. The van der Waals surface area contributed by atoms with E-state index in [9.17, 15) is 9.90 Å². The SMILES string of the molecule is CC(=O)C[C@@H](O)[C@@H]1CCCN1. The predicted molar refractivity (Wildman–Crippen MR) is 42.3 cm³/mol. The fourth-order valence-electron chi connectivity index (χ4n) is 1.48. The van der Waals surface area contributed by atoms with E-state index in [1.807, 2.05) is 0 Å². The molecule has 1 heterocycles. The van der Waals surface area contributed by atoms with Crippen LogP contribution in [0.2, 0.25) is 0 Å². The Hall–Kier alpha value is -0.410. The minimum Gasteiger partial charge on any atom is -0.391 e. The normalized spacial score (nSPS) is 26.9. The highest BCUT2D eigenvalue weighted by molar-refractivity contribution is 5.76. The highest BCUT2D eigenvalue weighted by Gasteiger charge is 2.22. The van der Waals surface area contributed by atoms with Crippen LogP contribution in [0.3, 0.4) is 0 Å². The number of nitrogens with one attached hydrogen (secondary N) is 1. The number of carbonyl (C=O) groups excluding carboxylic acids is 1. The summed E-state index contributed by atoms with van der Waals surface area (Å²) >= 11 is 0. The first-order valence-electron chi connectivity index (χ1n) is 4.11. The fourth-order valence-corrected chi connectivity index (χ4v) is 1.48. The molecule has 0 radical (unpaired) electrons. The van der Waals surface area contributed by atoms with Gasteiger partial charge in [0.25, 0.3) is 0 Å². The monoisotopic (exact) mass is 157 g/mol. The van der Waals surface area contributed by atoms with Crippen molar-refractivity contribution in [3.63, 3.8) is 0 Å². The van der Waals surface area contributed by atoms with Gasteiger partial charge in [0.1, 0.15) is 5.78 Å². The van der Waals surface area contributed by atoms with Gasteiger partial charge in [-0.25, -0.2) is 0 Å². The number of carbonyl (C=O) groups is 1. The molecular formula is C8H15NO2. The quantitative estimate of drug-likeness (QED) is 0.610. The first-order valence-corrected chi connectivity index (χ1v) is 4.11. The number of aliphatic hydroxyl groups excluding tert-OH is 1. The van der Waals surface area contributed by atoms with Crippen molar-refractivity contribution in [1.82, 2.24) is 5.32 Å². The van der Waals surface area contributed by atoms with Crippen LogP contribution in [-0.4, -0.2) is 29.6 Å². The number of hydrogen-bond donors (Lipinski definition) is 2. The van der Waals surface area contributed by atoms with Crippen molar-refractivity contribution < 1.29 is 9.90 Å². The first kappa shape index (κ1) is 8.68. The van der Waals surface area contributed by atoms with E-state index < -0.39 is 6.10 Å². The van der Waals surface area contributed by atoms with Crippen LogP contribution in [0.5, 0.6) is 0 Å². The van der Waals surface area contributed by atoms with Crippen molar-refractivity contribution in [1.29, 1.82) is 0 Å². The molecule has 3 nitrogen and oxygen atoms in total. The molecule has 2 atom stereocenters. The number of hydrogen-bond acceptors (Lipinski definition) is 3. The Morgan fingerprint density at radius 1 is 1.82 bits per heavy atom. The summed E-state index contributed by atoms with van der Waals surface area (Å²) < 4.78 is 0. The number of rotatable bonds is 3. The lowest BCUT2D eigenvalue weighted by Gasteiger charge is -2.16. The molecule has 0 unspecified atom stereocenters. The van der Waals surface area contributed by atoms with E-state index in [1.165, 1.54) is 6.92 Å². The third kappa shape index (κ3) is 2.60. The Kier molecular flexibility index (Phi) is 3.02. The van der Waals surface area contributed by atoms with Gasteiger partial charge in [-0.15, -0.1) is 0 Å². The van der Waals surface area contributed by atoms with E-state index in [0.29, 0.717) is 0 Å². The average Bonchev–Trinajstić information content (AvgIpc) is 2.35. The molecule has 0 bridgehead atoms. The molecule has 1 rings (SSSR count). The second-order valence-electron chi connectivity index (χ2n) is 3.18. The van der Waals surface area contributed by atoms with Crippen LogP contribution in [-0.2, 0) is 4.79 Å². The smallest absolute Gasteiger partial charge is 0.132 e. The summed E-state index contributed by atoms with van der Waals surface area (Å²) in [4.78, 5) is 10.6. The summed E-state index contributed by atoms with van der Waals surface area (Å²) in [5.41, 5.74) is 0. The van der Waals surface area contributed by atoms with Gasteiger partial charge in [-0.3, -0.25) is 4.79 Å². The maximum Gasteiger partial charge on any atom is 0.132 e. The molecule has 0 aliphatic carbocycles. The van der Waals surface area contributed by atoms with Gasteiger partial charge in [0.15, 0.2) is 0 Å². The third-order valence-electron chi connectivity index (χ3n) is 2.06. The highest BCUT2D eigenvalue weighted by atomic mass is 16.3. The van der Waals surface area contributed by atoms with Crippen LogP contribution in [0.1, 0.15) is 26.2 Å². The summed E-state index contributed by atoms with van der Waals surface area (Å²) in [5, 5.41) is 12.6. The van der Waals surface area contributed by atoms with Crippen LogP contribution in [0.4, 0.5) is 0 Å². The standard InChI is InChI=1S/C8H15NO2/c1-6(10)5-8(11)7-3-2-4-9-7/h7-9,11H,2-5H2,1H3/t7-,8+/m0/s1. The average molecular weight is 157 g/mol. The summed E-state index contributed by atoms with van der Waals surface area (Å²) in [5.74, 6) is 0.0613. The number of ketones is 1. The molecule has 64 valence electrons. The van der Waals surface area contributed by atoms with Gasteiger partial charge in [-0.1, -0.05) is 0 Å². The molecule has 1 aliphatic heterocycles. The van der Waals surface area contributed by atoms with E-state index in [4.69, 9.17) is 0 Å². The van der Waals surface area contributed by atoms with Gasteiger partial charge in [0.05, 0.1) is 6.10 Å². The molecule has 3 heteroatoms. The van der Waals surface area contributed by atoms with E-state index >= 15 is 0 Å². The number of aliphatic hydroxyl groups is 1. The topological polar surface area (TPSA) is 49.3 Å². The molecule has 1 aliphatic rings. The largest absolute Gasteiger partial charge is 0.391 e. The van der Waals surface area contributed by atoms with Crippen molar-refractivity contribution in [3.05, 3.63) is 0 Å². The van der Waals surface area contributed by atoms with Crippen molar-refractivity contribution in [2.75, 3.05) is 6.54 Å². The molecule has 2 N–H and O–H groups in total. The van der Waals surface area contributed by atoms with Crippen molar-refractivity contribution in [2.45, 2.75) is 38.3 Å². The van der Waals surface area contributed by atoms with Crippen LogP contribution >= 0.6 is 0 Å².